The lowest BCUT2D eigenvalue weighted by Gasteiger charge is -2.26. The third kappa shape index (κ3) is 12.1. The van der Waals surface area contributed by atoms with Gasteiger partial charge in [0, 0.05) is 37.6 Å². The van der Waals surface area contributed by atoms with E-state index in [1.807, 2.05) is 45.0 Å². The Bertz CT molecular complexity index is 1500. The van der Waals surface area contributed by atoms with Gasteiger partial charge < -0.3 is 14.2 Å². The van der Waals surface area contributed by atoms with Crippen LogP contribution >= 0.6 is 11.6 Å². The number of nitrogens with one attached hydrogen (secondary N) is 1. The molecule has 1 N–H and O–H groups in total. The molecule has 10 heteroatoms. The number of ether oxygens (including phenoxy) is 3. The second kappa shape index (κ2) is 16.6. The van der Waals surface area contributed by atoms with Crippen molar-refractivity contribution < 1.29 is 27.4 Å². The SMILES string of the molecule is CC(C)(C)OC(=O)CCc1cc(CCNS(=O)(=O)c2ccc(Cl)cc2)cc(CCc2ccccc2OCCN2CCOCC2)c1. The van der Waals surface area contributed by atoms with Crippen molar-refractivity contribution in [3.63, 3.8) is 0 Å². The molecule has 0 bridgehead atoms. The summed E-state index contributed by atoms with van der Waals surface area (Å²) in [5.74, 6) is 0.650. The molecule has 1 heterocycles. The maximum absolute atomic E-state index is 12.8. The van der Waals surface area contributed by atoms with E-state index in [1.54, 1.807) is 12.1 Å². The molecule has 0 radical (unpaired) electrons. The summed E-state index contributed by atoms with van der Waals surface area (Å²) in [6.45, 7) is 10.7. The molecule has 4 rings (SSSR count). The first kappa shape index (κ1) is 34.9. The van der Waals surface area contributed by atoms with Crippen LogP contribution in [0.4, 0.5) is 0 Å². The normalized spacial score (nSPS) is 14.3. The smallest absolute Gasteiger partial charge is 0.306 e. The van der Waals surface area contributed by atoms with E-state index >= 15 is 0 Å². The fraction of sp³-hybridized carbons (Fsp3) is 0.457. The predicted molar refractivity (Wildman–Crippen MR) is 178 cm³/mol. The van der Waals surface area contributed by atoms with E-state index in [0.717, 1.165) is 73.7 Å². The van der Waals surface area contributed by atoms with Gasteiger partial charge in [0.1, 0.15) is 18.0 Å². The van der Waals surface area contributed by atoms with Crippen molar-refractivity contribution in [2.75, 3.05) is 46.0 Å². The van der Waals surface area contributed by atoms with Crippen molar-refractivity contribution in [3.05, 3.63) is 94.0 Å². The number of carbonyl (C=O) groups is 1. The van der Waals surface area contributed by atoms with Crippen LogP contribution in [0.1, 0.15) is 49.4 Å². The average Bonchev–Trinajstić information content (AvgIpc) is 2.99. The summed E-state index contributed by atoms with van der Waals surface area (Å²) in [5, 5.41) is 0.479. The Morgan fingerprint density at radius 2 is 1.56 bits per heavy atom. The van der Waals surface area contributed by atoms with Gasteiger partial charge in [0.2, 0.25) is 10.0 Å². The third-order valence-electron chi connectivity index (χ3n) is 7.40. The Morgan fingerprint density at radius 1 is 0.911 bits per heavy atom. The van der Waals surface area contributed by atoms with Crippen LogP contribution < -0.4 is 9.46 Å². The van der Waals surface area contributed by atoms with Gasteiger partial charge in [0.25, 0.3) is 0 Å². The molecular formula is C35H45ClN2O6S. The fourth-order valence-corrected chi connectivity index (χ4v) is 6.34. The van der Waals surface area contributed by atoms with Gasteiger partial charge >= 0.3 is 5.97 Å². The van der Waals surface area contributed by atoms with Gasteiger partial charge in [-0.2, -0.15) is 0 Å². The Kier molecular flexibility index (Phi) is 12.9. The molecule has 0 saturated carbocycles. The molecule has 8 nitrogen and oxygen atoms in total. The Morgan fingerprint density at radius 3 is 2.24 bits per heavy atom. The number of rotatable bonds is 15. The van der Waals surface area contributed by atoms with Gasteiger partial charge in [-0.15, -0.1) is 0 Å². The summed E-state index contributed by atoms with van der Waals surface area (Å²) in [4.78, 5) is 15.0. The van der Waals surface area contributed by atoms with Gasteiger partial charge in [0.15, 0.2) is 0 Å². The zero-order valence-electron chi connectivity index (χ0n) is 26.5. The summed E-state index contributed by atoms with van der Waals surface area (Å²) >= 11 is 5.92. The summed E-state index contributed by atoms with van der Waals surface area (Å²) in [6, 6.07) is 20.5. The number of halogens is 1. The first-order valence-electron chi connectivity index (χ1n) is 15.6. The fourth-order valence-electron chi connectivity index (χ4n) is 5.18. The Hall–Kier alpha value is -2.95. The molecule has 0 atom stereocenters. The topological polar surface area (TPSA) is 94.2 Å². The summed E-state index contributed by atoms with van der Waals surface area (Å²) in [6.07, 6.45) is 2.86. The van der Waals surface area contributed by atoms with Gasteiger partial charge in [-0.25, -0.2) is 13.1 Å². The van der Waals surface area contributed by atoms with Gasteiger partial charge in [-0.3, -0.25) is 9.69 Å². The number of hydrogen-bond acceptors (Lipinski definition) is 7. The minimum atomic E-state index is -3.67. The van der Waals surface area contributed by atoms with Crippen LogP contribution in [0.2, 0.25) is 5.02 Å². The van der Waals surface area contributed by atoms with Crippen LogP contribution in [-0.4, -0.2) is 70.9 Å². The molecule has 45 heavy (non-hydrogen) atoms. The van der Waals surface area contributed by atoms with Crippen LogP contribution in [-0.2, 0) is 50.0 Å². The van der Waals surface area contributed by atoms with Crippen molar-refractivity contribution >= 4 is 27.6 Å². The molecule has 0 spiro atoms. The summed E-state index contributed by atoms with van der Waals surface area (Å²) in [5.41, 5.74) is 3.74. The quantitative estimate of drug-likeness (QED) is 0.212. The van der Waals surface area contributed by atoms with Crippen molar-refractivity contribution in [1.29, 1.82) is 0 Å². The number of para-hydroxylation sites is 1. The largest absolute Gasteiger partial charge is 0.492 e. The number of esters is 1. The minimum absolute atomic E-state index is 0.171. The zero-order valence-corrected chi connectivity index (χ0v) is 28.1. The van der Waals surface area contributed by atoms with E-state index in [0.29, 0.717) is 24.5 Å². The Labute approximate surface area is 273 Å². The molecule has 0 amide bonds. The molecular weight excluding hydrogens is 612 g/mol. The minimum Gasteiger partial charge on any atom is -0.492 e. The maximum Gasteiger partial charge on any atom is 0.306 e. The maximum atomic E-state index is 12.8. The third-order valence-corrected chi connectivity index (χ3v) is 9.13. The second-order valence-electron chi connectivity index (χ2n) is 12.3. The Balaban J connectivity index is 1.42. The zero-order chi connectivity index (χ0) is 32.3. The van der Waals surface area contributed by atoms with Crippen molar-refractivity contribution in [2.45, 2.75) is 63.4 Å². The number of morpholine rings is 1. The van der Waals surface area contributed by atoms with Crippen LogP contribution in [0.15, 0.2) is 71.6 Å². The average molecular weight is 657 g/mol. The number of benzene rings is 3. The highest BCUT2D eigenvalue weighted by atomic mass is 35.5. The second-order valence-corrected chi connectivity index (χ2v) is 14.5. The highest BCUT2D eigenvalue weighted by Gasteiger charge is 2.17. The highest BCUT2D eigenvalue weighted by molar-refractivity contribution is 7.89. The molecule has 3 aromatic rings. The van der Waals surface area contributed by atoms with Crippen LogP contribution in [0.5, 0.6) is 5.75 Å². The standard InChI is InChI=1S/C35H45ClN2O6S/c1-35(2,3)44-34(39)15-9-28-24-27(25-29(26-28)16-17-37-45(40,41)32-13-11-31(36)12-14-32)8-10-30-6-4-5-7-33(30)43-23-20-38-18-21-42-22-19-38/h4-7,11-14,24-26,37H,8-10,15-23H2,1-3H3. The number of aryl methyl sites for hydroxylation is 3. The van der Waals surface area contributed by atoms with E-state index in [1.165, 1.54) is 12.1 Å². The molecule has 0 aliphatic carbocycles. The van der Waals surface area contributed by atoms with Gasteiger partial charge in [-0.05, 0) is 99.0 Å². The van der Waals surface area contributed by atoms with Crippen molar-refractivity contribution in [2.24, 2.45) is 0 Å². The van der Waals surface area contributed by atoms with E-state index in [4.69, 9.17) is 25.8 Å². The molecule has 1 aliphatic heterocycles. The molecule has 3 aromatic carbocycles. The number of carbonyl (C=O) groups excluding carboxylic acids is 1. The summed E-state index contributed by atoms with van der Waals surface area (Å²) < 4.78 is 45.4. The lowest BCUT2D eigenvalue weighted by atomic mass is 9.96. The van der Waals surface area contributed by atoms with Crippen molar-refractivity contribution in [1.82, 2.24) is 9.62 Å². The highest BCUT2D eigenvalue weighted by Crippen LogP contribution is 2.22. The summed E-state index contributed by atoms with van der Waals surface area (Å²) in [7, 11) is -3.67. The van der Waals surface area contributed by atoms with Crippen molar-refractivity contribution in [3.8, 4) is 5.75 Å². The van der Waals surface area contributed by atoms with E-state index in [2.05, 4.69) is 27.8 Å². The van der Waals surface area contributed by atoms with Crippen LogP contribution in [0.25, 0.3) is 0 Å². The lowest BCUT2D eigenvalue weighted by molar-refractivity contribution is -0.154. The predicted octanol–water partition coefficient (Wildman–Crippen LogP) is 5.63. The molecule has 0 unspecified atom stereocenters. The molecule has 1 aliphatic rings. The molecule has 244 valence electrons. The van der Waals surface area contributed by atoms with E-state index < -0.39 is 15.6 Å². The van der Waals surface area contributed by atoms with E-state index in [-0.39, 0.29) is 23.8 Å². The van der Waals surface area contributed by atoms with Gasteiger partial charge in [-0.1, -0.05) is 48.0 Å². The number of hydrogen-bond donors (Lipinski definition) is 1. The number of nitrogens with zero attached hydrogens (tertiary/aromatic N) is 1. The van der Waals surface area contributed by atoms with Gasteiger partial charge in [0.05, 0.1) is 18.1 Å². The molecule has 1 saturated heterocycles. The first-order chi connectivity index (χ1) is 21.5. The lowest BCUT2D eigenvalue weighted by Crippen LogP contribution is -2.38. The number of sulfonamides is 1. The molecule has 0 aromatic heterocycles. The van der Waals surface area contributed by atoms with E-state index in [9.17, 15) is 13.2 Å². The van der Waals surface area contributed by atoms with Crippen LogP contribution in [0, 0.1) is 0 Å². The molecule has 1 fully saturated rings. The van der Waals surface area contributed by atoms with Crippen LogP contribution in [0.3, 0.4) is 0 Å². The monoisotopic (exact) mass is 656 g/mol. The first-order valence-corrected chi connectivity index (χ1v) is 17.4.